The maximum atomic E-state index is 11.7. The summed E-state index contributed by atoms with van der Waals surface area (Å²) >= 11 is 0. The number of hydrogen-bond donors (Lipinski definition) is 3. The number of hydrogen-bond acceptors (Lipinski definition) is 7. The molecule has 0 unspecified atom stereocenters. The molecular formula is C20H27N7O2. The lowest BCUT2D eigenvalue weighted by Gasteiger charge is -2.20. The highest BCUT2D eigenvalue weighted by Crippen LogP contribution is 2.26. The van der Waals surface area contributed by atoms with Gasteiger partial charge < -0.3 is 26.2 Å². The van der Waals surface area contributed by atoms with E-state index >= 15 is 0 Å². The summed E-state index contributed by atoms with van der Waals surface area (Å²) in [6.07, 6.45) is 4.01. The average Bonchev–Trinajstić information content (AvgIpc) is 3.50. The highest BCUT2D eigenvalue weighted by Gasteiger charge is 2.24. The second-order valence-electron chi connectivity index (χ2n) is 7.37. The van der Waals surface area contributed by atoms with Gasteiger partial charge in [0.15, 0.2) is 0 Å². The van der Waals surface area contributed by atoms with Crippen LogP contribution in [0, 0.1) is 0 Å². The Balaban J connectivity index is 1.64. The summed E-state index contributed by atoms with van der Waals surface area (Å²) in [4.78, 5) is 35.5. The molecule has 1 aliphatic carbocycles. The molecule has 1 heterocycles. The van der Waals surface area contributed by atoms with Crippen LogP contribution in [0.3, 0.4) is 0 Å². The normalized spacial score (nSPS) is 12.9. The van der Waals surface area contributed by atoms with E-state index in [0.717, 1.165) is 24.2 Å². The third-order valence-electron chi connectivity index (χ3n) is 4.70. The third-order valence-corrected chi connectivity index (χ3v) is 4.70. The number of carbonyl (C=O) groups is 2. The van der Waals surface area contributed by atoms with E-state index in [4.69, 9.17) is 5.73 Å². The molecule has 2 aromatic rings. The van der Waals surface area contributed by atoms with Crippen LogP contribution < -0.4 is 21.3 Å². The van der Waals surface area contributed by atoms with Crippen molar-refractivity contribution in [2.24, 2.45) is 5.73 Å². The number of nitrogens with two attached hydrogens (primary N) is 1. The summed E-state index contributed by atoms with van der Waals surface area (Å²) in [5.74, 6) is 0.386. The van der Waals surface area contributed by atoms with Crippen LogP contribution in [0.2, 0.25) is 0 Å². The Morgan fingerprint density at radius 2 is 1.86 bits per heavy atom. The number of rotatable bonds is 9. The first-order valence-electron chi connectivity index (χ1n) is 9.55. The van der Waals surface area contributed by atoms with Crippen molar-refractivity contribution in [2.75, 3.05) is 43.2 Å². The number of primary amides is 1. The third kappa shape index (κ3) is 5.56. The number of amides is 2. The zero-order valence-corrected chi connectivity index (χ0v) is 17.0. The molecule has 2 amide bonds. The van der Waals surface area contributed by atoms with Gasteiger partial charge in [-0.25, -0.2) is 4.98 Å². The molecule has 0 bridgehead atoms. The summed E-state index contributed by atoms with van der Waals surface area (Å²) < 4.78 is 0. The minimum atomic E-state index is -0.556. The van der Waals surface area contributed by atoms with Crippen molar-refractivity contribution in [1.82, 2.24) is 14.9 Å². The van der Waals surface area contributed by atoms with Gasteiger partial charge in [-0.2, -0.15) is 4.98 Å². The summed E-state index contributed by atoms with van der Waals surface area (Å²) in [6.45, 7) is 0.637. The molecule has 9 nitrogen and oxygen atoms in total. The summed E-state index contributed by atoms with van der Waals surface area (Å²) in [5, 5.41) is 6.36. The number of carbonyl (C=O) groups excluding carboxylic acids is 2. The zero-order chi connectivity index (χ0) is 21.0. The molecule has 0 spiro atoms. The van der Waals surface area contributed by atoms with E-state index in [-0.39, 0.29) is 11.5 Å². The van der Waals surface area contributed by atoms with Crippen LogP contribution in [0.4, 0.5) is 23.1 Å². The zero-order valence-electron chi connectivity index (χ0n) is 17.0. The van der Waals surface area contributed by atoms with E-state index in [1.165, 1.54) is 6.20 Å². The fraction of sp³-hybridized carbons (Fsp3) is 0.400. The van der Waals surface area contributed by atoms with Gasteiger partial charge in [0.05, 0.1) is 5.56 Å². The highest BCUT2D eigenvalue weighted by molar-refractivity contribution is 5.97. The lowest BCUT2D eigenvalue weighted by atomic mass is 10.2. The number of nitrogens with one attached hydrogen (secondary N) is 2. The van der Waals surface area contributed by atoms with Crippen molar-refractivity contribution in [1.29, 1.82) is 0 Å². The van der Waals surface area contributed by atoms with Crippen LogP contribution >= 0.6 is 0 Å². The predicted octanol–water partition coefficient (Wildman–Crippen LogP) is 1.81. The van der Waals surface area contributed by atoms with Gasteiger partial charge in [0, 0.05) is 57.7 Å². The average molecular weight is 397 g/mol. The Labute approximate surface area is 170 Å². The fourth-order valence-electron chi connectivity index (χ4n) is 2.70. The largest absolute Gasteiger partial charge is 0.374 e. The highest BCUT2D eigenvalue weighted by atomic mass is 16.2. The van der Waals surface area contributed by atoms with Gasteiger partial charge in [-0.3, -0.25) is 9.59 Å². The van der Waals surface area contributed by atoms with Crippen LogP contribution in [0.15, 0.2) is 30.5 Å². The van der Waals surface area contributed by atoms with E-state index < -0.39 is 5.91 Å². The number of benzene rings is 1. The van der Waals surface area contributed by atoms with E-state index in [0.29, 0.717) is 30.8 Å². The standard InChI is InChI=1S/C20H27N7O2/c1-26(2)17(28)10-11-27(3)15-8-6-14(7-9-15)24-20-22-12-16(18(21)29)19(25-20)23-13-4-5-13/h6-9,12-13H,4-5,10-11H2,1-3H3,(H2,21,29)(H2,22,23,24,25). The molecule has 1 aromatic carbocycles. The van der Waals surface area contributed by atoms with Crippen LogP contribution in [-0.2, 0) is 4.79 Å². The summed E-state index contributed by atoms with van der Waals surface area (Å²) in [5.41, 5.74) is 7.51. The molecule has 1 fully saturated rings. The molecule has 3 rings (SSSR count). The molecule has 0 aliphatic heterocycles. The monoisotopic (exact) mass is 397 g/mol. The molecule has 154 valence electrons. The van der Waals surface area contributed by atoms with Crippen molar-refractivity contribution in [3.05, 3.63) is 36.0 Å². The SMILES string of the molecule is CN(C)C(=O)CCN(C)c1ccc(Nc2ncc(C(N)=O)c(NC3CC3)n2)cc1. The molecule has 1 aliphatic rings. The van der Waals surface area contributed by atoms with Gasteiger partial charge >= 0.3 is 0 Å². The second-order valence-corrected chi connectivity index (χ2v) is 7.37. The topological polar surface area (TPSA) is 116 Å². The Morgan fingerprint density at radius 1 is 1.17 bits per heavy atom. The number of nitrogens with zero attached hydrogens (tertiary/aromatic N) is 4. The van der Waals surface area contributed by atoms with Crippen molar-refractivity contribution >= 4 is 35.0 Å². The van der Waals surface area contributed by atoms with Gasteiger partial charge in [0.2, 0.25) is 11.9 Å². The van der Waals surface area contributed by atoms with Crippen LogP contribution in [-0.4, -0.2) is 60.4 Å². The minimum Gasteiger partial charge on any atom is -0.374 e. The van der Waals surface area contributed by atoms with Crippen LogP contribution in [0.1, 0.15) is 29.6 Å². The predicted molar refractivity (Wildman–Crippen MR) is 114 cm³/mol. The first-order chi connectivity index (χ1) is 13.8. The van der Waals surface area contributed by atoms with Crippen molar-refractivity contribution in [2.45, 2.75) is 25.3 Å². The van der Waals surface area contributed by atoms with Gasteiger partial charge in [0.25, 0.3) is 5.91 Å². The van der Waals surface area contributed by atoms with Crippen LogP contribution in [0.25, 0.3) is 0 Å². The molecule has 4 N–H and O–H groups in total. The van der Waals surface area contributed by atoms with Crippen molar-refractivity contribution in [3.63, 3.8) is 0 Å². The lowest BCUT2D eigenvalue weighted by Crippen LogP contribution is -2.27. The van der Waals surface area contributed by atoms with E-state index in [2.05, 4.69) is 20.6 Å². The molecule has 0 saturated heterocycles. The van der Waals surface area contributed by atoms with E-state index in [9.17, 15) is 9.59 Å². The van der Waals surface area contributed by atoms with Crippen molar-refractivity contribution in [3.8, 4) is 0 Å². The maximum absolute atomic E-state index is 11.7. The number of aromatic nitrogens is 2. The molecule has 29 heavy (non-hydrogen) atoms. The Kier molecular flexibility index (Phi) is 6.16. The fourth-order valence-corrected chi connectivity index (χ4v) is 2.70. The van der Waals surface area contributed by atoms with Crippen molar-refractivity contribution < 1.29 is 9.59 Å². The first kappa shape index (κ1) is 20.4. The Hall–Kier alpha value is -3.36. The van der Waals surface area contributed by atoms with Gasteiger partial charge in [-0.1, -0.05) is 0 Å². The summed E-state index contributed by atoms with van der Waals surface area (Å²) in [6, 6.07) is 8.09. The van der Waals surface area contributed by atoms with E-state index in [1.54, 1.807) is 19.0 Å². The first-order valence-corrected chi connectivity index (χ1v) is 9.55. The van der Waals surface area contributed by atoms with Gasteiger partial charge in [-0.05, 0) is 37.1 Å². The number of anilines is 4. The van der Waals surface area contributed by atoms with Gasteiger partial charge in [0.1, 0.15) is 5.82 Å². The molecule has 0 radical (unpaired) electrons. The smallest absolute Gasteiger partial charge is 0.254 e. The molecule has 1 saturated carbocycles. The Bertz CT molecular complexity index is 879. The van der Waals surface area contributed by atoms with Crippen LogP contribution in [0.5, 0.6) is 0 Å². The molecule has 1 aromatic heterocycles. The lowest BCUT2D eigenvalue weighted by molar-refractivity contribution is -0.128. The second kappa shape index (κ2) is 8.76. The summed E-state index contributed by atoms with van der Waals surface area (Å²) in [7, 11) is 5.46. The maximum Gasteiger partial charge on any atom is 0.254 e. The molecule has 9 heteroatoms. The molecular weight excluding hydrogens is 370 g/mol. The van der Waals surface area contributed by atoms with E-state index in [1.807, 2.05) is 36.2 Å². The van der Waals surface area contributed by atoms with Gasteiger partial charge in [-0.15, -0.1) is 0 Å². The minimum absolute atomic E-state index is 0.0994. The Morgan fingerprint density at radius 3 is 2.45 bits per heavy atom. The molecule has 0 atom stereocenters. The quantitative estimate of drug-likeness (QED) is 0.591.